The summed E-state index contributed by atoms with van der Waals surface area (Å²) in [6.45, 7) is 11.5. The Hall–Kier alpha value is -4.10. The highest BCUT2D eigenvalue weighted by Crippen LogP contribution is 2.31. The van der Waals surface area contributed by atoms with Crippen molar-refractivity contribution < 1.29 is 33.8 Å². The van der Waals surface area contributed by atoms with E-state index < -0.39 is 42.1 Å². The Balaban J connectivity index is 1.83. The molecule has 0 spiro atoms. The molecule has 1 fully saturated rings. The molecule has 6 atom stereocenters. The van der Waals surface area contributed by atoms with E-state index >= 15 is 0 Å². The van der Waals surface area contributed by atoms with Crippen molar-refractivity contribution >= 4 is 41.0 Å². The van der Waals surface area contributed by atoms with Crippen molar-refractivity contribution in [3.05, 3.63) is 63.6 Å². The van der Waals surface area contributed by atoms with Crippen LogP contribution < -0.4 is 10.6 Å². The number of benzene rings is 1. The fourth-order valence-corrected chi connectivity index (χ4v) is 7.23. The first-order valence-electron chi connectivity index (χ1n) is 17.8. The van der Waals surface area contributed by atoms with E-state index in [4.69, 9.17) is 4.74 Å². The van der Waals surface area contributed by atoms with E-state index in [1.54, 1.807) is 17.3 Å². The van der Waals surface area contributed by atoms with Gasteiger partial charge in [-0.25, -0.2) is 9.78 Å². The number of aliphatic carboxylic acids is 1. The van der Waals surface area contributed by atoms with Crippen LogP contribution in [0.3, 0.4) is 0 Å². The minimum absolute atomic E-state index is 0.0551. The summed E-state index contributed by atoms with van der Waals surface area (Å²) in [4.78, 5) is 73.1. The third-order valence-electron chi connectivity index (χ3n) is 9.66. The molecule has 0 bridgehead atoms. The topological polar surface area (TPSA) is 158 Å². The van der Waals surface area contributed by atoms with E-state index in [0.717, 1.165) is 31.4 Å². The molecule has 0 radical (unpaired) electrons. The Morgan fingerprint density at radius 3 is 2.37 bits per heavy atom. The zero-order valence-electron chi connectivity index (χ0n) is 31.2. The van der Waals surface area contributed by atoms with Gasteiger partial charge in [0.15, 0.2) is 6.10 Å². The minimum atomic E-state index is -1.08. The Labute approximate surface area is 306 Å². The second-order valence-electron chi connectivity index (χ2n) is 14.0. The van der Waals surface area contributed by atoms with Gasteiger partial charge in [-0.2, -0.15) is 0 Å². The van der Waals surface area contributed by atoms with Gasteiger partial charge in [0.05, 0.1) is 12.1 Å². The second kappa shape index (κ2) is 19.5. The Morgan fingerprint density at radius 1 is 1.10 bits per heavy atom. The lowest BCUT2D eigenvalue weighted by molar-refractivity contribution is -0.149. The zero-order chi connectivity index (χ0) is 37.8. The van der Waals surface area contributed by atoms with Gasteiger partial charge in [-0.3, -0.25) is 24.1 Å². The van der Waals surface area contributed by atoms with Gasteiger partial charge in [0.25, 0.3) is 5.91 Å². The molecule has 0 saturated carbocycles. The number of nitrogens with one attached hydrogen (secondary N) is 2. The number of piperidine rings is 1. The molecule has 3 rings (SSSR count). The molecule has 13 heteroatoms. The van der Waals surface area contributed by atoms with E-state index in [-0.39, 0.29) is 47.4 Å². The summed E-state index contributed by atoms with van der Waals surface area (Å²) < 4.78 is 5.75. The predicted molar refractivity (Wildman–Crippen MR) is 197 cm³/mol. The van der Waals surface area contributed by atoms with E-state index in [1.165, 1.54) is 31.3 Å². The molecule has 51 heavy (non-hydrogen) atoms. The summed E-state index contributed by atoms with van der Waals surface area (Å²) in [5, 5.41) is 17.4. The maximum Gasteiger partial charge on any atom is 0.331 e. The van der Waals surface area contributed by atoms with E-state index in [9.17, 15) is 29.1 Å². The third kappa shape index (κ3) is 12.0. The third-order valence-corrected chi connectivity index (χ3v) is 10.6. The summed E-state index contributed by atoms with van der Waals surface area (Å²) in [5.74, 6) is -2.65. The standard InChI is InChI=1S/C38H55N5O7S/c1-9-24(4)33(41-35(46)30-17-13-14-18-42(30)7)37(47)43(8)31(23(2)3)21-32(50-26(6)44)36-40-29(22-51-36)34(45)39-28(19-25(5)38(48)49)20-27-15-11-10-12-16-27/h10-12,15-16,19,22-24,28,30-33H,9,13-14,17-18,20-21H2,1-8H3,(H,39,45)(H,41,46)(H,48,49)/b25-19+/t24-,28+,30+,31+,32+,33-/m0/s1. The highest BCUT2D eigenvalue weighted by Gasteiger charge is 2.37. The van der Waals surface area contributed by atoms with Crippen LogP contribution in [-0.2, 0) is 30.3 Å². The highest BCUT2D eigenvalue weighted by atomic mass is 32.1. The van der Waals surface area contributed by atoms with Crippen LogP contribution >= 0.6 is 11.3 Å². The molecule has 0 unspecified atom stereocenters. The summed E-state index contributed by atoms with van der Waals surface area (Å²) in [6, 6.07) is 7.39. The van der Waals surface area contributed by atoms with Crippen LogP contribution in [0.15, 0.2) is 47.4 Å². The van der Waals surface area contributed by atoms with Gasteiger partial charge in [-0.1, -0.05) is 76.9 Å². The van der Waals surface area contributed by atoms with Crippen LogP contribution in [0.5, 0.6) is 0 Å². The van der Waals surface area contributed by atoms with Crippen LogP contribution in [0.2, 0.25) is 0 Å². The first-order valence-corrected chi connectivity index (χ1v) is 18.7. The van der Waals surface area contributed by atoms with Crippen LogP contribution in [0.1, 0.15) is 101 Å². The predicted octanol–water partition coefficient (Wildman–Crippen LogP) is 5.01. The van der Waals surface area contributed by atoms with Crippen molar-refractivity contribution in [2.24, 2.45) is 11.8 Å². The zero-order valence-corrected chi connectivity index (χ0v) is 32.0. The van der Waals surface area contributed by atoms with Crippen LogP contribution in [0, 0.1) is 11.8 Å². The maximum absolute atomic E-state index is 14.2. The number of amides is 3. The average molecular weight is 726 g/mol. The fourth-order valence-electron chi connectivity index (χ4n) is 6.39. The minimum Gasteiger partial charge on any atom is -0.478 e. The number of carboxylic acid groups (broad SMARTS) is 1. The first-order chi connectivity index (χ1) is 24.1. The number of likely N-dealkylation sites (N-methyl/N-ethyl adjacent to an activating group) is 2. The number of aromatic nitrogens is 1. The van der Waals surface area contributed by atoms with E-state index in [0.29, 0.717) is 17.8 Å². The number of thiazole rings is 1. The summed E-state index contributed by atoms with van der Waals surface area (Å²) in [5.41, 5.74) is 1.12. The van der Waals surface area contributed by atoms with Gasteiger partial charge >= 0.3 is 11.9 Å². The monoisotopic (exact) mass is 725 g/mol. The molecule has 0 aliphatic carbocycles. The number of rotatable bonds is 17. The Morgan fingerprint density at radius 2 is 1.78 bits per heavy atom. The van der Waals surface area contributed by atoms with Gasteiger partial charge in [-0.05, 0) is 57.2 Å². The molecule has 2 heterocycles. The molecule has 1 aliphatic rings. The number of carbonyl (C=O) groups excluding carboxylic acids is 4. The molecule has 1 aromatic heterocycles. The SMILES string of the molecule is CC[C@H](C)[C@H](NC(=O)[C@H]1CCCCN1C)C(=O)N(C)[C@H](C[C@@H](OC(C)=O)c1nc(C(=O)N[C@H](/C=C(\C)C(=O)O)Cc2ccccc2)cs1)C(C)C. The molecular weight excluding hydrogens is 671 g/mol. The molecule has 1 aromatic carbocycles. The maximum atomic E-state index is 14.2. The van der Waals surface area contributed by atoms with Gasteiger partial charge in [0.2, 0.25) is 11.8 Å². The first kappa shape index (κ1) is 41.3. The van der Waals surface area contributed by atoms with Gasteiger partial charge < -0.3 is 25.4 Å². The van der Waals surface area contributed by atoms with Crippen LogP contribution in [0.4, 0.5) is 0 Å². The lowest BCUT2D eigenvalue weighted by Crippen LogP contribution is -2.58. The molecule has 1 aliphatic heterocycles. The van der Waals surface area contributed by atoms with Crippen molar-refractivity contribution in [3.8, 4) is 0 Å². The van der Waals surface area contributed by atoms with Crippen LogP contribution in [-0.4, -0.2) is 94.4 Å². The van der Waals surface area contributed by atoms with Gasteiger partial charge in [0.1, 0.15) is 16.7 Å². The number of hydrogen-bond acceptors (Lipinski definition) is 9. The normalized spacial score (nSPS) is 18.2. The fraction of sp³-hybridized carbons (Fsp3) is 0.579. The molecule has 3 amide bonds. The number of nitrogens with zero attached hydrogens (tertiary/aromatic N) is 3. The number of ether oxygens (including phenoxy) is 1. The lowest BCUT2D eigenvalue weighted by atomic mass is 9.92. The summed E-state index contributed by atoms with van der Waals surface area (Å²) >= 11 is 1.17. The summed E-state index contributed by atoms with van der Waals surface area (Å²) in [6.07, 6.45) is 4.69. The van der Waals surface area contributed by atoms with Crippen molar-refractivity contribution in [1.82, 2.24) is 25.4 Å². The number of carbonyl (C=O) groups is 5. The molecular formula is C38H55N5O7S. The van der Waals surface area contributed by atoms with Gasteiger partial charge in [0, 0.05) is 37.4 Å². The molecule has 2 aromatic rings. The van der Waals surface area contributed by atoms with Crippen LogP contribution in [0.25, 0.3) is 0 Å². The lowest BCUT2D eigenvalue weighted by Gasteiger charge is -2.38. The van der Waals surface area contributed by atoms with Crippen molar-refractivity contribution in [3.63, 3.8) is 0 Å². The molecule has 280 valence electrons. The smallest absolute Gasteiger partial charge is 0.331 e. The van der Waals surface area contributed by atoms with Gasteiger partial charge in [-0.15, -0.1) is 11.3 Å². The highest BCUT2D eigenvalue weighted by molar-refractivity contribution is 7.09. The largest absolute Gasteiger partial charge is 0.478 e. The Bertz CT molecular complexity index is 1530. The molecule has 1 saturated heterocycles. The quantitative estimate of drug-likeness (QED) is 0.151. The Kier molecular flexibility index (Phi) is 15.8. The van der Waals surface area contributed by atoms with Crippen molar-refractivity contribution in [2.75, 3.05) is 20.6 Å². The summed E-state index contributed by atoms with van der Waals surface area (Å²) in [7, 11) is 3.65. The van der Waals surface area contributed by atoms with E-state index in [1.807, 2.05) is 70.0 Å². The number of esters is 1. The molecule has 3 N–H and O–H groups in total. The van der Waals surface area contributed by atoms with Crippen molar-refractivity contribution in [2.45, 2.75) is 110 Å². The molecule has 12 nitrogen and oxygen atoms in total. The second-order valence-corrected chi connectivity index (χ2v) is 14.8. The van der Waals surface area contributed by atoms with Crippen molar-refractivity contribution in [1.29, 1.82) is 0 Å². The number of carboxylic acids is 1. The average Bonchev–Trinajstić information content (AvgIpc) is 3.59. The number of hydrogen-bond donors (Lipinski definition) is 3. The number of likely N-dealkylation sites (tertiary alicyclic amines) is 1. The van der Waals surface area contributed by atoms with E-state index in [2.05, 4.69) is 15.6 Å².